The van der Waals surface area contributed by atoms with E-state index in [4.69, 9.17) is 28.9 Å². The number of hydrogen-bond acceptors (Lipinski definition) is 10. The quantitative estimate of drug-likeness (QED) is 0.0601. The Morgan fingerprint density at radius 1 is 0.524 bits per heavy atom. The molecule has 428 valence electrons. The lowest BCUT2D eigenvalue weighted by molar-refractivity contribution is -0.154. The first-order valence-corrected chi connectivity index (χ1v) is 29.5. The zero-order chi connectivity index (χ0) is 57.3. The molecule has 2 N–H and O–H groups in total. The van der Waals surface area contributed by atoms with E-state index in [0.29, 0.717) is 62.5 Å². The number of ether oxygens (including phenoxy) is 4. The molecular formula is C70H80N4O8. The van der Waals surface area contributed by atoms with Gasteiger partial charge in [-0.3, -0.25) is 19.6 Å². The van der Waals surface area contributed by atoms with Crippen molar-refractivity contribution in [2.75, 3.05) is 39.3 Å². The molecular weight excluding hydrogens is 1020 g/mol. The molecule has 12 heteroatoms. The lowest BCUT2D eigenvalue weighted by atomic mass is 9.68. The topological polar surface area (TPSA) is 143 Å². The van der Waals surface area contributed by atoms with Gasteiger partial charge in [0.1, 0.15) is 45.7 Å². The predicted octanol–water partition coefficient (Wildman–Crippen LogP) is 15.2. The monoisotopic (exact) mass is 1100 g/mol. The molecule has 0 aromatic heterocycles. The molecule has 4 unspecified atom stereocenters. The van der Waals surface area contributed by atoms with E-state index in [1.807, 2.05) is 178 Å². The number of nitrogens with zero attached hydrogens (tertiary/aromatic N) is 4. The maximum absolute atomic E-state index is 13.5. The van der Waals surface area contributed by atoms with Crippen molar-refractivity contribution < 1.29 is 38.7 Å². The molecule has 4 atom stereocenters. The van der Waals surface area contributed by atoms with Gasteiger partial charge in [-0.25, -0.2) is 0 Å². The van der Waals surface area contributed by atoms with Gasteiger partial charge in [0.2, 0.25) is 0 Å². The molecule has 0 saturated carbocycles. The summed E-state index contributed by atoms with van der Waals surface area (Å²) in [6.45, 7) is 13.9. The van der Waals surface area contributed by atoms with Gasteiger partial charge < -0.3 is 39.0 Å². The summed E-state index contributed by atoms with van der Waals surface area (Å²) in [4.78, 5) is 42.1. The van der Waals surface area contributed by atoms with Crippen LogP contribution in [-0.4, -0.2) is 94.9 Å². The number of aliphatic imine (C=N–C) groups is 2. The highest BCUT2D eigenvalue weighted by Crippen LogP contribution is 2.48. The van der Waals surface area contributed by atoms with Crippen LogP contribution < -0.4 is 14.2 Å². The maximum Gasteiger partial charge on any atom is 0.318 e. The van der Waals surface area contributed by atoms with Crippen LogP contribution in [0.3, 0.4) is 0 Å². The number of carbonyl (C=O) groups is 2. The van der Waals surface area contributed by atoms with Crippen molar-refractivity contribution >= 4 is 29.1 Å². The predicted molar refractivity (Wildman–Crippen MR) is 326 cm³/mol. The first-order valence-electron chi connectivity index (χ1n) is 29.5. The van der Waals surface area contributed by atoms with Crippen molar-refractivity contribution in [1.29, 1.82) is 0 Å². The lowest BCUT2D eigenvalue weighted by Gasteiger charge is -2.43. The van der Waals surface area contributed by atoms with E-state index in [9.17, 15) is 19.8 Å². The van der Waals surface area contributed by atoms with E-state index >= 15 is 0 Å². The highest BCUT2D eigenvalue weighted by Gasteiger charge is 2.55. The normalized spacial score (nSPS) is 21.1. The summed E-state index contributed by atoms with van der Waals surface area (Å²) in [6, 6.07) is 54.6. The summed E-state index contributed by atoms with van der Waals surface area (Å²) in [5.41, 5.74) is 5.04. The largest absolute Gasteiger partial charge is 0.483 e. The van der Waals surface area contributed by atoms with Crippen LogP contribution in [0.15, 0.2) is 197 Å². The number of carboxylic acid groups (broad SMARTS) is 2. The van der Waals surface area contributed by atoms with E-state index in [0.717, 1.165) is 133 Å². The van der Waals surface area contributed by atoms with E-state index in [1.165, 1.54) is 0 Å². The van der Waals surface area contributed by atoms with Gasteiger partial charge in [-0.05, 0) is 187 Å². The molecule has 10 rings (SSSR count). The van der Waals surface area contributed by atoms with Crippen LogP contribution in [0.1, 0.15) is 109 Å². The molecule has 4 aliphatic rings. The summed E-state index contributed by atoms with van der Waals surface area (Å²) in [5, 5.41) is 22.1. The van der Waals surface area contributed by atoms with Gasteiger partial charge in [0.15, 0.2) is 6.10 Å². The molecule has 0 amide bonds. The minimum atomic E-state index is -1.27. The van der Waals surface area contributed by atoms with Crippen LogP contribution in [0.2, 0.25) is 0 Å². The SMILES string of the molecule is CCCC1=NC(Cc2cccc(Oc3ccccc3)c2)=C(C)C(CCN2CCCC2)(C(=O)O)C1OCc1ccccc1.CCCC1=NC(c2cccc(Oc3ccccc3)c2)=C(C)C(CCN2CCCC2)(C(=O)O)C1Oc1ccccc1. The molecule has 12 nitrogen and oxygen atoms in total. The molecule has 4 aliphatic heterocycles. The Balaban J connectivity index is 0.000000198. The highest BCUT2D eigenvalue weighted by molar-refractivity contribution is 6.03. The summed E-state index contributed by atoms with van der Waals surface area (Å²) in [6.07, 6.45) is 7.77. The Kier molecular flexibility index (Phi) is 20.4. The molecule has 0 aliphatic carbocycles. The Labute approximate surface area is 484 Å². The molecule has 2 saturated heterocycles. The Bertz CT molecular complexity index is 3190. The summed E-state index contributed by atoms with van der Waals surface area (Å²) >= 11 is 0. The Morgan fingerprint density at radius 2 is 0.976 bits per heavy atom. The maximum atomic E-state index is 13.5. The van der Waals surface area contributed by atoms with Gasteiger partial charge in [0, 0.05) is 23.4 Å². The molecule has 4 heterocycles. The molecule has 0 radical (unpaired) electrons. The van der Waals surface area contributed by atoms with Gasteiger partial charge in [-0.1, -0.05) is 136 Å². The minimum absolute atomic E-state index is 0.342. The second kappa shape index (κ2) is 28.4. The van der Waals surface area contributed by atoms with Crippen molar-refractivity contribution in [3.05, 3.63) is 203 Å². The van der Waals surface area contributed by atoms with E-state index in [-0.39, 0.29) is 0 Å². The Hall–Kier alpha value is -7.64. The summed E-state index contributed by atoms with van der Waals surface area (Å²) in [7, 11) is 0. The van der Waals surface area contributed by atoms with Crippen LogP contribution >= 0.6 is 0 Å². The average molecular weight is 1110 g/mol. The number of aliphatic carboxylic acids is 2. The molecule has 2 fully saturated rings. The molecule has 82 heavy (non-hydrogen) atoms. The van der Waals surface area contributed by atoms with E-state index < -0.39 is 35.0 Å². The summed E-state index contributed by atoms with van der Waals surface area (Å²) < 4.78 is 25.4. The fraction of sp³-hybridized carbons (Fsp3) is 0.371. The molecule has 0 spiro atoms. The second-order valence-corrected chi connectivity index (χ2v) is 22.1. The van der Waals surface area contributed by atoms with Crippen molar-refractivity contribution in [2.45, 2.75) is 117 Å². The first kappa shape index (κ1) is 59.0. The molecule has 0 bridgehead atoms. The molecule has 6 aromatic rings. The van der Waals surface area contributed by atoms with Crippen molar-refractivity contribution in [3.63, 3.8) is 0 Å². The van der Waals surface area contributed by atoms with Gasteiger partial charge in [-0.2, -0.15) is 0 Å². The average Bonchev–Trinajstić information content (AvgIpc) is 3.87. The number of hydrogen-bond donors (Lipinski definition) is 2. The van der Waals surface area contributed by atoms with Crippen LogP contribution in [0, 0.1) is 10.8 Å². The molecule has 6 aromatic carbocycles. The van der Waals surface area contributed by atoms with Gasteiger partial charge in [-0.15, -0.1) is 0 Å². The van der Waals surface area contributed by atoms with Crippen molar-refractivity contribution in [2.24, 2.45) is 20.8 Å². The van der Waals surface area contributed by atoms with Gasteiger partial charge >= 0.3 is 11.9 Å². The first-order chi connectivity index (χ1) is 40.0. The van der Waals surface area contributed by atoms with Crippen molar-refractivity contribution in [1.82, 2.24) is 9.80 Å². The number of carboxylic acids is 2. The number of rotatable bonds is 24. The van der Waals surface area contributed by atoms with Gasteiger partial charge in [0.05, 0.1) is 18.0 Å². The third-order valence-corrected chi connectivity index (χ3v) is 16.6. The van der Waals surface area contributed by atoms with Crippen LogP contribution in [-0.2, 0) is 27.4 Å². The van der Waals surface area contributed by atoms with Gasteiger partial charge in [0.25, 0.3) is 0 Å². The van der Waals surface area contributed by atoms with Crippen LogP contribution in [0.25, 0.3) is 5.70 Å². The van der Waals surface area contributed by atoms with E-state index in [2.05, 4.69) is 29.7 Å². The standard InChI is InChI=1S/C36H42N2O4.C34H38N2O4/c1-3-13-32-34(41-26-28-14-6-4-7-15-28)36(35(39)40,20-23-38-21-10-11-22-38)27(2)33(37-32)25-29-16-12-19-31(24-29)42-30-17-8-5-9-18-30;1-3-13-30-32(40-28-17-8-5-9-18-28)34(33(37)38,20-23-36-21-10-11-22-36)25(2)31(35-30)26-14-12-19-29(24-26)39-27-15-6-4-7-16-27/h4-9,12,14-19,24,34H,3,10-11,13,20-23,25-26H2,1-2H3,(H,39,40);4-9,12,14-19,24,32H,3,10-11,13,20-23H2,1-2H3,(H,37,38). The number of para-hydroxylation sites is 3. The lowest BCUT2D eigenvalue weighted by Crippen LogP contribution is -2.54. The zero-order valence-electron chi connectivity index (χ0n) is 48.2. The third-order valence-electron chi connectivity index (χ3n) is 16.6. The van der Waals surface area contributed by atoms with Crippen LogP contribution in [0.4, 0.5) is 0 Å². The number of likely N-dealkylation sites (tertiary alicyclic amines) is 2. The summed E-state index contributed by atoms with van der Waals surface area (Å²) in [5.74, 6) is 1.88. The smallest absolute Gasteiger partial charge is 0.318 e. The Morgan fingerprint density at radius 3 is 1.50 bits per heavy atom. The van der Waals surface area contributed by atoms with E-state index in [1.54, 1.807) is 0 Å². The fourth-order valence-electron chi connectivity index (χ4n) is 12.1. The fourth-order valence-corrected chi connectivity index (χ4v) is 12.1. The minimum Gasteiger partial charge on any atom is -0.483 e. The number of allylic oxidation sites excluding steroid dienone is 1. The third kappa shape index (κ3) is 14.2. The second-order valence-electron chi connectivity index (χ2n) is 22.1. The zero-order valence-corrected chi connectivity index (χ0v) is 48.2. The number of benzene rings is 6. The van der Waals surface area contributed by atoms with Crippen molar-refractivity contribution in [3.8, 4) is 28.7 Å². The highest BCUT2D eigenvalue weighted by atomic mass is 16.5. The van der Waals surface area contributed by atoms with Crippen LogP contribution in [0.5, 0.6) is 28.7 Å².